The average Bonchev–Trinajstić information content (AvgIpc) is 3.12. The zero-order chi connectivity index (χ0) is 22.6. The Morgan fingerprint density at radius 1 is 1.21 bits per heavy atom. The number of benzene rings is 1. The van der Waals surface area contributed by atoms with Crippen molar-refractivity contribution in [2.75, 3.05) is 12.4 Å². The Morgan fingerprint density at radius 3 is 2.70 bits per heavy atom. The summed E-state index contributed by atoms with van der Waals surface area (Å²) in [6, 6.07) is 8.71. The maximum atomic E-state index is 11.7. The Hall–Kier alpha value is -3.30. The Balaban J connectivity index is 1.52. The van der Waals surface area contributed by atoms with Gasteiger partial charge in [-0.05, 0) is 56.8 Å². The van der Waals surface area contributed by atoms with Crippen LogP contribution in [0.1, 0.15) is 43.0 Å². The van der Waals surface area contributed by atoms with Gasteiger partial charge in [-0.15, -0.1) is 0 Å². The van der Waals surface area contributed by atoms with E-state index in [2.05, 4.69) is 44.9 Å². The third-order valence-corrected chi connectivity index (χ3v) is 7.69. The van der Waals surface area contributed by atoms with Crippen molar-refractivity contribution in [3.05, 3.63) is 53.6 Å². The molecule has 0 radical (unpaired) electrons. The topological polar surface area (TPSA) is 101 Å². The lowest BCUT2D eigenvalue weighted by Crippen LogP contribution is -2.24. The lowest BCUT2D eigenvalue weighted by Gasteiger charge is -2.15. The molecular formula is C24H25N7OS. The molecule has 0 aliphatic heterocycles. The number of aromatic nitrogens is 5. The summed E-state index contributed by atoms with van der Waals surface area (Å²) in [6.45, 7) is 1.51. The fourth-order valence-corrected chi connectivity index (χ4v) is 5.90. The van der Waals surface area contributed by atoms with Crippen molar-refractivity contribution < 1.29 is 4.79 Å². The van der Waals surface area contributed by atoms with Gasteiger partial charge in [0, 0.05) is 18.0 Å². The van der Waals surface area contributed by atoms with Crippen LogP contribution in [0.5, 0.6) is 0 Å². The van der Waals surface area contributed by atoms with Crippen molar-refractivity contribution in [2.45, 2.75) is 44.6 Å². The van der Waals surface area contributed by atoms with Gasteiger partial charge in [-0.1, -0.05) is 23.5 Å². The second kappa shape index (κ2) is 7.64. The second-order valence-corrected chi connectivity index (χ2v) is 9.76. The number of fused-ring (bicyclic) bond motifs is 3. The molecule has 3 N–H and O–H groups in total. The van der Waals surface area contributed by atoms with Crippen molar-refractivity contribution in [3.63, 3.8) is 0 Å². The first-order valence-electron chi connectivity index (χ1n) is 11.3. The molecule has 168 valence electrons. The Bertz CT molecular complexity index is 1330. The van der Waals surface area contributed by atoms with Crippen LogP contribution >= 0.6 is 11.3 Å². The van der Waals surface area contributed by atoms with Crippen LogP contribution in [0.3, 0.4) is 0 Å². The summed E-state index contributed by atoms with van der Waals surface area (Å²) in [4.78, 5) is 24.9. The van der Waals surface area contributed by atoms with Gasteiger partial charge in [0.2, 0.25) is 5.91 Å². The van der Waals surface area contributed by atoms with Crippen LogP contribution in [0.15, 0.2) is 36.8 Å². The van der Waals surface area contributed by atoms with Crippen LogP contribution < -0.4 is 10.6 Å². The molecule has 33 heavy (non-hydrogen) atoms. The van der Waals surface area contributed by atoms with E-state index in [9.17, 15) is 4.79 Å². The van der Waals surface area contributed by atoms with Crippen LogP contribution in [0.2, 0.25) is 0 Å². The van der Waals surface area contributed by atoms with Gasteiger partial charge in [0.1, 0.15) is 5.69 Å². The van der Waals surface area contributed by atoms with Crippen molar-refractivity contribution in [3.8, 4) is 27.6 Å². The third kappa shape index (κ3) is 3.39. The van der Waals surface area contributed by atoms with Crippen molar-refractivity contribution in [1.82, 2.24) is 30.0 Å². The van der Waals surface area contributed by atoms with Crippen LogP contribution in [-0.4, -0.2) is 37.7 Å². The number of aryl methyl sites for hydroxylation is 1. The molecule has 0 spiro atoms. The number of anilines is 1. The molecule has 3 aromatic heterocycles. The highest BCUT2D eigenvalue weighted by Gasteiger charge is 2.42. The van der Waals surface area contributed by atoms with Gasteiger partial charge < -0.3 is 15.6 Å². The molecule has 0 unspecified atom stereocenters. The fourth-order valence-electron chi connectivity index (χ4n) is 4.78. The number of carbonyl (C=O) groups is 1. The number of carbonyl (C=O) groups excluding carboxylic acids is 1. The molecule has 2 aliphatic carbocycles. The summed E-state index contributed by atoms with van der Waals surface area (Å²) in [5.41, 5.74) is 7.54. The number of H-pyrrole nitrogens is 1. The molecule has 6 rings (SSSR count). The Morgan fingerprint density at radius 2 is 2.03 bits per heavy atom. The maximum absolute atomic E-state index is 11.7. The van der Waals surface area contributed by atoms with Crippen LogP contribution in [0.25, 0.3) is 27.6 Å². The smallest absolute Gasteiger partial charge is 0.223 e. The van der Waals surface area contributed by atoms with Crippen molar-refractivity contribution in [2.24, 2.45) is 0 Å². The van der Waals surface area contributed by atoms with E-state index in [0.717, 1.165) is 52.6 Å². The molecule has 9 heteroatoms. The predicted molar refractivity (Wildman–Crippen MR) is 129 cm³/mol. The summed E-state index contributed by atoms with van der Waals surface area (Å²) >= 11 is 1.52. The van der Waals surface area contributed by atoms with Gasteiger partial charge in [-0.25, -0.2) is 14.6 Å². The molecule has 8 nitrogen and oxygen atoms in total. The summed E-state index contributed by atoms with van der Waals surface area (Å²) in [6.07, 6.45) is 8.59. The van der Waals surface area contributed by atoms with Crippen LogP contribution in [0, 0.1) is 0 Å². The standard InChI is InChI=1S/C24H25N7OS/c1-14(32)28-23-29-18-5-3-4-17-20(19-12-26-13-27-19)30-31(21(17)22(18)33-23)16-8-6-15(7-9-16)24(25-2)10-11-24/h6-9,12-13,25H,3-5,10-11H2,1-2H3,(H,26,27)(H,28,29,32). The largest absolute Gasteiger partial charge is 0.343 e. The van der Waals surface area contributed by atoms with Crippen LogP contribution in [-0.2, 0) is 23.2 Å². The summed E-state index contributed by atoms with van der Waals surface area (Å²) in [5, 5.41) is 12.0. The number of rotatable bonds is 5. The molecule has 1 saturated carbocycles. The van der Waals surface area contributed by atoms with Gasteiger partial charge in [0.15, 0.2) is 5.13 Å². The zero-order valence-electron chi connectivity index (χ0n) is 18.6. The maximum Gasteiger partial charge on any atom is 0.223 e. The first-order valence-corrected chi connectivity index (χ1v) is 12.1. The quantitative estimate of drug-likeness (QED) is 0.418. The Kier molecular flexibility index (Phi) is 4.70. The lowest BCUT2D eigenvalue weighted by atomic mass is 10.0. The van der Waals surface area contributed by atoms with Gasteiger partial charge >= 0.3 is 0 Å². The monoisotopic (exact) mass is 459 g/mol. The second-order valence-electron chi connectivity index (χ2n) is 8.76. The van der Waals surface area contributed by atoms with E-state index in [1.165, 1.54) is 42.2 Å². The molecule has 0 saturated heterocycles. The van der Waals surface area contributed by atoms with Gasteiger partial charge in [0.05, 0.1) is 40.2 Å². The summed E-state index contributed by atoms with van der Waals surface area (Å²) in [5.74, 6) is -0.111. The number of amides is 1. The molecule has 0 bridgehead atoms. The first kappa shape index (κ1) is 20.3. The minimum atomic E-state index is -0.111. The highest BCUT2D eigenvalue weighted by Crippen LogP contribution is 2.46. The molecule has 3 heterocycles. The number of nitrogens with one attached hydrogen (secondary N) is 3. The van der Waals surface area contributed by atoms with Gasteiger partial charge in [-0.2, -0.15) is 5.10 Å². The van der Waals surface area contributed by atoms with E-state index in [1.807, 2.05) is 17.9 Å². The highest BCUT2D eigenvalue weighted by molar-refractivity contribution is 7.19. The molecule has 2 aliphatic rings. The Labute approximate surface area is 195 Å². The van der Waals surface area contributed by atoms with Crippen molar-refractivity contribution in [1.29, 1.82) is 0 Å². The van der Waals surface area contributed by atoms with E-state index < -0.39 is 0 Å². The molecule has 0 atom stereocenters. The zero-order valence-corrected chi connectivity index (χ0v) is 19.4. The number of hydrogen-bond acceptors (Lipinski definition) is 6. The number of thiazole rings is 1. The number of nitrogens with zero attached hydrogens (tertiary/aromatic N) is 4. The summed E-state index contributed by atoms with van der Waals surface area (Å²) in [7, 11) is 2.03. The minimum Gasteiger partial charge on any atom is -0.343 e. The van der Waals surface area contributed by atoms with E-state index in [4.69, 9.17) is 10.1 Å². The minimum absolute atomic E-state index is 0.111. The third-order valence-electron chi connectivity index (χ3n) is 6.67. The van der Waals surface area contributed by atoms with Gasteiger partial charge in [-0.3, -0.25) is 4.79 Å². The van der Waals surface area contributed by atoms with E-state index in [-0.39, 0.29) is 11.4 Å². The van der Waals surface area contributed by atoms with E-state index >= 15 is 0 Å². The normalized spacial score (nSPS) is 16.1. The highest BCUT2D eigenvalue weighted by atomic mass is 32.1. The van der Waals surface area contributed by atoms with Crippen LogP contribution in [0.4, 0.5) is 5.13 Å². The SMILES string of the molecule is CNC1(c2ccc(-n3nc(-c4cnc[nH]4)c4c3-c3sc(NC(C)=O)nc3CCC4)cc2)CC1. The number of hydrogen-bond donors (Lipinski definition) is 3. The lowest BCUT2D eigenvalue weighted by molar-refractivity contribution is -0.114. The molecule has 1 amide bonds. The molecular weight excluding hydrogens is 434 g/mol. The summed E-state index contributed by atoms with van der Waals surface area (Å²) < 4.78 is 2.04. The number of imidazole rings is 1. The number of aromatic amines is 1. The first-order chi connectivity index (χ1) is 16.1. The van der Waals surface area contributed by atoms with Crippen molar-refractivity contribution >= 4 is 22.4 Å². The average molecular weight is 460 g/mol. The molecule has 1 fully saturated rings. The van der Waals surface area contributed by atoms with E-state index in [0.29, 0.717) is 5.13 Å². The van der Waals surface area contributed by atoms with Gasteiger partial charge in [0.25, 0.3) is 0 Å². The predicted octanol–water partition coefficient (Wildman–Crippen LogP) is 4.04. The molecule has 1 aromatic carbocycles. The fraction of sp³-hybridized carbons (Fsp3) is 0.333. The molecule has 4 aromatic rings. The van der Waals surface area contributed by atoms with E-state index in [1.54, 1.807) is 6.33 Å².